The van der Waals surface area contributed by atoms with Gasteiger partial charge in [-0.2, -0.15) is 5.26 Å². The Morgan fingerprint density at radius 1 is 1.32 bits per heavy atom. The molecule has 2 rings (SSSR count). The van der Waals surface area contributed by atoms with Gasteiger partial charge in [0.25, 0.3) is 0 Å². The van der Waals surface area contributed by atoms with Crippen LogP contribution in [0.2, 0.25) is 0 Å². The average molecular weight is 254 g/mol. The molecule has 0 saturated carbocycles. The van der Waals surface area contributed by atoms with E-state index in [2.05, 4.69) is 18.2 Å². The van der Waals surface area contributed by atoms with Gasteiger partial charge in [0.05, 0.1) is 6.07 Å². The quantitative estimate of drug-likeness (QED) is 0.612. The Bertz CT molecular complexity index is 487. The van der Waals surface area contributed by atoms with Crippen LogP contribution in [-0.2, 0) is 11.3 Å². The molecule has 0 radical (unpaired) electrons. The summed E-state index contributed by atoms with van der Waals surface area (Å²) in [6, 6.07) is 11.9. The first-order chi connectivity index (χ1) is 9.31. The Labute approximate surface area is 114 Å². The van der Waals surface area contributed by atoms with Gasteiger partial charge in [-0.15, -0.1) is 0 Å². The van der Waals surface area contributed by atoms with Crippen molar-refractivity contribution in [2.24, 2.45) is 5.92 Å². The summed E-state index contributed by atoms with van der Waals surface area (Å²) in [6.07, 6.45) is 6.85. The van der Waals surface area contributed by atoms with Crippen molar-refractivity contribution in [1.82, 2.24) is 4.90 Å². The van der Waals surface area contributed by atoms with E-state index in [4.69, 9.17) is 5.26 Å². The number of carbonyl (C=O) groups is 1. The SMILES string of the molecule is N#CCN(Cc1ccccc1)C(=O)[C@@H]1CC=CCC1. The highest BCUT2D eigenvalue weighted by molar-refractivity contribution is 5.79. The van der Waals surface area contributed by atoms with Crippen LogP contribution in [0.15, 0.2) is 42.5 Å². The predicted molar refractivity (Wildman–Crippen MR) is 74.0 cm³/mol. The second-order valence-corrected chi connectivity index (χ2v) is 4.82. The van der Waals surface area contributed by atoms with Gasteiger partial charge >= 0.3 is 0 Å². The van der Waals surface area contributed by atoms with E-state index in [0.29, 0.717) is 6.54 Å². The molecule has 19 heavy (non-hydrogen) atoms. The number of amides is 1. The van der Waals surface area contributed by atoms with Crippen LogP contribution < -0.4 is 0 Å². The van der Waals surface area contributed by atoms with Gasteiger partial charge in [-0.25, -0.2) is 0 Å². The van der Waals surface area contributed by atoms with Crippen LogP contribution in [0.25, 0.3) is 0 Å². The van der Waals surface area contributed by atoms with Crippen LogP contribution >= 0.6 is 0 Å². The van der Waals surface area contributed by atoms with E-state index < -0.39 is 0 Å². The zero-order valence-electron chi connectivity index (χ0n) is 11.0. The first-order valence-electron chi connectivity index (χ1n) is 6.66. The zero-order chi connectivity index (χ0) is 13.5. The lowest BCUT2D eigenvalue weighted by Crippen LogP contribution is -2.36. The van der Waals surface area contributed by atoms with E-state index >= 15 is 0 Å². The Morgan fingerprint density at radius 2 is 2.11 bits per heavy atom. The molecule has 3 nitrogen and oxygen atoms in total. The molecular formula is C16H18N2O. The number of hydrogen-bond acceptors (Lipinski definition) is 2. The van der Waals surface area contributed by atoms with Crippen LogP contribution in [0, 0.1) is 17.2 Å². The largest absolute Gasteiger partial charge is 0.325 e. The summed E-state index contributed by atoms with van der Waals surface area (Å²) in [5.41, 5.74) is 1.07. The van der Waals surface area contributed by atoms with Gasteiger partial charge < -0.3 is 4.90 Å². The van der Waals surface area contributed by atoms with Crippen molar-refractivity contribution in [2.75, 3.05) is 6.54 Å². The number of nitrogens with zero attached hydrogens (tertiary/aromatic N) is 2. The molecule has 0 spiro atoms. The molecule has 0 aliphatic heterocycles. The summed E-state index contributed by atoms with van der Waals surface area (Å²) in [4.78, 5) is 14.1. The number of nitriles is 1. The summed E-state index contributed by atoms with van der Waals surface area (Å²) in [5, 5.41) is 8.90. The van der Waals surface area contributed by atoms with Gasteiger partial charge in [-0.3, -0.25) is 4.79 Å². The van der Waals surface area contributed by atoms with E-state index in [-0.39, 0.29) is 18.4 Å². The van der Waals surface area contributed by atoms with E-state index in [1.165, 1.54) is 0 Å². The molecule has 1 aliphatic carbocycles. The van der Waals surface area contributed by atoms with Crippen molar-refractivity contribution < 1.29 is 4.79 Å². The van der Waals surface area contributed by atoms with E-state index in [1.807, 2.05) is 30.3 Å². The highest BCUT2D eigenvalue weighted by Crippen LogP contribution is 2.21. The third-order valence-corrected chi connectivity index (χ3v) is 3.41. The van der Waals surface area contributed by atoms with Gasteiger partial charge in [0.2, 0.25) is 5.91 Å². The molecule has 3 heteroatoms. The fraction of sp³-hybridized carbons (Fsp3) is 0.375. The van der Waals surface area contributed by atoms with Gasteiger partial charge in [-0.1, -0.05) is 42.5 Å². The number of carbonyl (C=O) groups excluding carboxylic acids is 1. The first-order valence-corrected chi connectivity index (χ1v) is 6.66. The van der Waals surface area contributed by atoms with Crippen LogP contribution in [0.4, 0.5) is 0 Å². The number of hydrogen-bond donors (Lipinski definition) is 0. The summed E-state index contributed by atoms with van der Waals surface area (Å²) >= 11 is 0. The molecule has 0 unspecified atom stereocenters. The van der Waals surface area contributed by atoms with Gasteiger partial charge in [0.1, 0.15) is 6.54 Å². The molecule has 1 aromatic carbocycles. The third kappa shape index (κ3) is 3.69. The minimum Gasteiger partial charge on any atom is -0.325 e. The molecule has 1 atom stereocenters. The van der Waals surface area contributed by atoms with Crippen molar-refractivity contribution >= 4 is 5.91 Å². The van der Waals surface area contributed by atoms with Gasteiger partial charge in [0, 0.05) is 12.5 Å². The molecular weight excluding hydrogens is 236 g/mol. The summed E-state index contributed by atoms with van der Waals surface area (Å²) in [5.74, 6) is 0.150. The number of benzene rings is 1. The summed E-state index contributed by atoms with van der Waals surface area (Å²) < 4.78 is 0. The molecule has 0 heterocycles. The van der Waals surface area contributed by atoms with Crippen LogP contribution in [0.3, 0.4) is 0 Å². The molecule has 0 saturated heterocycles. The zero-order valence-corrected chi connectivity index (χ0v) is 11.0. The lowest BCUT2D eigenvalue weighted by Gasteiger charge is -2.26. The highest BCUT2D eigenvalue weighted by atomic mass is 16.2. The Morgan fingerprint density at radius 3 is 2.74 bits per heavy atom. The Kier molecular flexibility index (Phi) is 4.74. The van der Waals surface area contributed by atoms with Crippen molar-refractivity contribution in [3.63, 3.8) is 0 Å². The fourth-order valence-electron chi connectivity index (χ4n) is 2.38. The second kappa shape index (κ2) is 6.75. The summed E-state index contributed by atoms with van der Waals surface area (Å²) in [7, 11) is 0. The molecule has 1 amide bonds. The normalized spacial score (nSPS) is 17.7. The topological polar surface area (TPSA) is 44.1 Å². The minimum atomic E-state index is 0.0436. The van der Waals surface area contributed by atoms with Crippen LogP contribution in [0.5, 0.6) is 0 Å². The van der Waals surface area contributed by atoms with Crippen molar-refractivity contribution in [1.29, 1.82) is 5.26 Å². The molecule has 0 bridgehead atoms. The van der Waals surface area contributed by atoms with E-state index in [1.54, 1.807) is 4.90 Å². The lowest BCUT2D eigenvalue weighted by atomic mass is 9.93. The average Bonchev–Trinajstić information content (AvgIpc) is 2.48. The predicted octanol–water partition coefficient (Wildman–Crippen LogP) is 2.90. The van der Waals surface area contributed by atoms with Crippen LogP contribution in [-0.4, -0.2) is 17.4 Å². The molecule has 0 aromatic heterocycles. The molecule has 98 valence electrons. The Hall–Kier alpha value is -2.08. The monoisotopic (exact) mass is 254 g/mol. The minimum absolute atomic E-state index is 0.0436. The van der Waals surface area contributed by atoms with Crippen molar-refractivity contribution in [3.8, 4) is 6.07 Å². The standard InChI is InChI=1S/C16H18N2O/c17-11-12-18(13-14-7-3-1-4-8-14)16(19)15-9-5-2-6-10-15/h1-5,7-8,15H,6,9-10,12-13H2/t15-/m1/s1. The van der Waals surface area contributed by atoms with Gasteiger partial charge in [-0.05, 0) is 24.8 Å². The van der Waals surface area contributed by atoms with Crippen molar-refractivity contribution in [2.45, 2.75) is 25.8 Å². The Balaban J connectivity index is 2.05. The summed E-state index contributed by atoms with van der Waals surface area (Å²) in [6.45, 7) is 0.682. The van der Waals surface area contributed by atoms with E-state index in [9.17, 15) is 4.79 Å². The first kappa shape index (κ1) is 13.4. The van der Waals surface area contributed by atoms with Crippen LogP contribution in [0.1, 0.15) is 24.8 Å². The maximum absolute atomic E-state index is 12.4. The van der Waals surface area contributed by atoms with Crippen molar-refractivity contribution in [3.05, 3.63) is 48.0 Å². The fourth-order valence-corrected chi connectivity index (χ4v) is 2.38. The van der Waals surface area contributed by atoms with Gasteiger partial charge in [0.15, 0.2) is 0 Å². The molecule has 0 N–H and O–H groups in total. The molecule has 0 fully saturated rings. The maximum atomic E-state index is 12.4. The third-order valence-electron chi connectivity index (χ3n) is 3.41. The molecule has 1 aliphatic rings. The number of rotatable bonds is 4. The van der Waals surface area contributed by atoms with E-state index in [0.717, 1.165) is 24.8 Å². The highest BCUT2D eigenvalue weighted by Gasteiger charge is 2.24. The molecule has 1 aromatic rings. The smallest absolute Gasteiger partial charge is 0.227 e. The lowest BCUT2D eigenvalue weighted by molar-refractivity contribution is -0.135. The number of allylic oxidation sites excluding steroid dienone is 2. The maximum Gasteiger partial charge on any atom is 0.227 e. The second-order valence-electron chi connectivity index (χ2n) is 4.82.